The van der Waals surface area contributed by atoms with Crippen molar-refractivity contribution in [1.29, 1.82) is 0 Å². The molecule has 1 aromatic heterocycles. The van der Waals surface area contributed by atoms with Crippen LogP contribution in [0.25, 0.3) is 11.0 Å². The number of esters is 1. The van der Waals surface area contributed by atoms with Crippen LogP contribution in [0.3, 0.4) is 0 Å². The number of hydrogen-bond donors (Lipinski definition) is 0. The summed E-state index contributed by atoms with van der Waals surface area (Å²) in [5, 5.41) is 1.09. The summed E-state index contributed by atoms with van der Waals surface area (Å²) in [4.78, 5) is 24.7. The third-order valence-corrected chi connectivity index (χ3v) is 5.08. The fourth-order valence-corrected chi connectivity index (χ4v) is 3.63. The van der Waals surface area contributed by atoms with Crippen LogP contribution in [0.5, 0.6) is 11.5 Å². The van der Waals surface area contributed by atoms with Crippen molar-refractivity contribution in [2.24, 2.45) is 0 Å². The molecule has 0 saturated heterocycles. The molecular formula is C21H17ClO5. The zero-order chi connectivity index (χ0) is 19.0. The zero-order valence-corrected chi connectivity index (χ0v) is 15.5. The molecule has 27 heavy (non-hydrogen) atoms. The Balaban J connectivity index is 1.73. The van der Waals surface area contributed by atoms with E-state index in [0.717, 1.165) is 42.2 Å². The number of methoxy groups -OCH3 is 1. The van der Waals surface area contributed by atoms with Gasteiger partial charge in [0.05, 0.1) is 17.7 Å². The van der Waals surface area contributed by atoms with E-state index in [1.807, 2.05) is 0 Å². The van der Waals surface area contributed by atoms with E-state index >= 15 is 0 Å². The summed E-state index contributed by atoms with van der Waals surface area (Å²) in [6.45, 7) is 0. The molecule has 0 atom stereocenters. The predicted octanol–water partition coefficient (Wildman–Crippen LogP) is 4.55. The first-order valence-corrected chi connectivity index (χ1v) is 9.09. The molecule has 0 N–H and O–H groups in total. The van der Waals surface area contributed by atoms with Gasteiger partial charge in [0.15, 0.2) is 5.75 Å². The summed E-state index contributed by atoms with van der Waals surface area (Å²) in [5.41, 5.74) is 2.09. The number of carbonyl (C=O) groups excluding carboxylic acids is 1. The summed E-state index contributed by atoms with van der Waals surface area (Å²) in [5.74, 6) is 0.123. The quantitative estimate of drug-likeness (QED) is 0.376. The third-order valence-electron chi connectivity index (χ3n) is 4.78. The molecule has 0 unspecified atom stereocenters. The van der Waals surface area contributed by atoms with Crippen LogP contribution in [-0.2, 0) is 12.8 Å². The van der Waals surface area contributed by atoms with Gasteiger partial charge in [0, 0.05) is 17.0 Å². The third kappa shape index (κ3) is 3.30. The van der Waals surface area contributed by atoms with Crippen molar-refractivity contribution in [2.45, 2.75) is 25.7 Å². The standard InChI is InChI=1S/C21H17ClO5/c1-25-13-6-4-5-12(9-13)20(23)27-19-11-18-16(10-17(19)22)14-7-2-3-8-15(14)21(24)26-18/h4-6,9-11H,2-3,7-8H2,1H3. The number of aryl methyl sites for hydroxylation is 1. The average molecular weight is 385 g/mol. The van der Waals surface area contributed by atoms with Gasteiger partial charge in [-0.15, -0.1) is 0 Å². The molecule has 2 aromatic carbocycles. The summed E-state index contributed by atoms with van der Waals surface area (Å²) >= 11 is 6.35. The Morgan fingerprint density at radius 2 is 1.89 bits per heavy atom. The number of rotatable bonds is 3. The molecule has 5 nitrogen and oxygen atoms in total. The Hall–Kier alpha value is -2.79. The molecule has 0 fully saturated rings. The van der Waals surface area contributed by atoms with E-state index in [-0.39, 0.29) is 11.4 Å². The summed E-state index contributed by atoms with van der Waals surface area (Å²) in [7, 11) is 1.52. The highest BCUT2D eigenvalue weighted by molar-refractivity contribution is 6.33. The van der Waals surface area contributed by atoms with E-state index in [1.54, 1.807) is 30.3 Å². The molecule has 0 amide bonds. The molecule has 138 valence electrons. The minimum atomic E-state index is -0.574. The number of hydrogen-bond acceptors (Lipinski definition) is 5. The average Bonchev–Trinajstić information content (AvgIpc) is 2.69. The lowest BCUT2D eigenvalue weighted by atomic mass is 9.91. The van der Waals surface area contributed by atoms with Crippen LogP contribution in [0.1, 0.15) is 34.3 Å². The molecule has 3 aromatic rings. The molecule has 0 saturated carbocycles. The monoisotopic (exact) mass is 384 g/mol. The number of benzene rings is 2. The van der Waals surface area contributed by atoms with Crippen molar-refractivity contribution >= 4 is 28.5 Å². The van der Waals surface area contributed by atoms with Crippen molar-refractivity contribution in [1.82, 2.24) is 0 Å². The zero-order valence-electron chi connectivity index (χ0n) is 14.7. The molecular weight excluding hydrogens is 368 g/mol. The highest BCUT2D eigenvalue weighted by atomic mass is 35.5. The van der Waals surface area contributed by atoms with Crippen LogP contribution < -0.4 is 15.1 Å². The van der Waals surface area contributed by atoms with Crippen LogP contribution in [-0.4, -0.2) is 13.1 Å². The molecule has 1 aliphatic carbocycles. The highest BCUT2D eigenvalue weighted by Crippen LogP contribution is 2.34. The lowest BCUT2D eigenvalue weighted by molar-refractivity contribution is 0.0734. The Bertz CT molecular complexity index is 1100. The van der Waals surface area contributed by atoms with Gasteiger partial charge < -0.3 is 13.9 Å². The van der Waals surface area contributed by atoms with Crippen molar-refractivity contribution in [2.75, 3.05) is 7.11 Å². The van der Waals surface area contributed by atoms with Gasteiger partial charge in [0.2, 0.25) is 0 Å². The van der Waals surface area contributed by atoms with Crippen LogP contribution in [0.15, 0.2) is 45.6 Å². The maximum atomic E-state index is 12.4. The SMILES string of the molecule is COc1cccc(C(=O)Oc2cc3oc(=O)c4c(c3cc2Cl)CCCC4)c1. The molecule has 0 bridgehead atoms. The van der Waals surface area contributed by atoms with Gasteiger partial charge in [0.1, 0.15) is 11.3 Å². The van der Waals surface area contributed by atoms with Gasteiger partial charge in [-0.3, -0.25) is 0 Å². The lowest BCUT2D eigenvalue weighted by Gasteiger charge is -2.17. The number of halogens is 1. The summed E-state index contributed by atoms with van der Waals surface area (Å²) in [6.07, 6.45) is 3.54. The van der Waals surface area contributed by atoms with E-state index in [9.17, 15) is 9.59 Å². The second kappa shape index (κ2) is 7.08. The normalized spacial score (nSPS) is 13.3. The summed E-state index contributed by atoms with van der Waals surface area (Å²) in [6, 6.07) is 9.84. The Morgan fingerprint density at radius 1 is 1.11 bits per heavy atom. The predicted molar refractivity (Wildman–Crippen MR) is 102 cm³/mol. The van der Waals surface area contributed by atoms with Crippen LogP contribution >= 0.6 is 11.6 Å². The minimum Gasteiger partial charge on any atom is -0.497 e. The Kier molecular flexibility index (Phi) is 4.62. The molecule has 1 aliphatic rings. The Labute approximate surface area is 160 Å². The number of fused-ring (bicyclic) bond motifs is 3. The first-order chi connectivity index (χ1) is 13.1. The van der Waals surface area contributed by atoms with E-state index in [0.29, 0.717) is 21.9 Å². The molecule has 1 heterocycles. The molecule has 0 spiro atoms. The van der Waals surface area contributed by atoms with Crippen molar-refractivity contribution in [3.63, 3.8) is 0 Å². The van der Waals surface area contributed by atoms with Gasteiger partial charge in [-0.25, -0.2) is 9.59 Å². The van der Waals surface area contributed by atoms with Gasteiger partial charge >= 0.3 is 11.6 Å². The van der Waals surface area contributed by atoms with Crippen molar-refractivity contribution in [3.05, 3.63) is 68.5 Å². The number of ether oxygens (including phenoxy) is 2. The molecule has 0 aliphatic heterocycles. The van der Waals surface area contributed by atoms with E-state index < -0.39 is 5.97 Å². The number of carbonyl (C=O) groups is 1. The maximum Gasteiger partial charge on any atom is 0.343 e. The van der Waals surface area contributed by atoms with Crippen molar-refractivity contribution < 1.29 is 18.7 Å². The largest absolute Gasteiger partial charge is 0.497 e. The fraction of sp³-hybridized carbons (Fsp3) is 0.238. The van der Waals surface area contributed by atoms with Crippen LogP contribution in [0.2, 0.25) is 5.02 Å². The van der Waals surface area contributed by atoms with Crippen molar-refractivity contribution in [3.8, 4) is 11.5 Å². The van der Waals surface area contributed by atoms with Gasteiger partial charge in [-0.05, 0) is 55.5 Å². The molecule has 4 rings (SSSR count). The first kappa shape index (κ1) is 17.6. The van der Waals surface area contributed by atoms with Gasteiger partial charge in [-0.2, -0.15) is 0 Å². The van der Waals surface area contributed by atoms with Gasteiger partial charge in [0.25, 0.3) is 0 Å². The van der Waals surface area contributed by atoms with E-state index in [2.05, 4.69) is 0 Å². The lowest BCUT2D eigenvalue weighted by Crippen LogP contribution is -2.16. The Morgan fingerprint density at radius 3 is 2.67 bits per heavy atom. The smallest absolute Gasteiger partial charge is 0.343 e. The topological polar surface area (TPSA) is 65.7 Å². The molecule has 0 radical (unpaired) electrons. The minimum absolute atomic E-state index is 0.149. The van der Waals surface area contributed by atoms with E-state index in [4.69, 9.17) is 25.5 Å². The highest BCUT2D eigenvalue weighted by Gasteiger charge is 2.20. The van der Waals surface area contributed by atoms with Crippen LogP contribution in [0, 0.1) is 0 Å². The fourth-order valence-electron chi connectivity index (χ4n) is 3.43. The van der Waals surface area contributed by atoms with Crippen LogP contribution in [0.4, 0.5) is 0 Å². The van der Waals surface area contributed by atoms with E-state index in [1.165, 1.54) is 13.2 Å². The second-order valence-electron chi connectivity index (χ2n) is 6.45. The summed E-state index contributed by atoms with van der Waals surface area (Å²) < 4.78 is 16.0. The van der Waals surface area contributed by atoms with Gasteiger partial charge in [-0.1, -0.05) is 17.7 Å². The maximum absolute atomic E-state index is 12.4. The molecule has 6 heteroatoms. The second-order valence-corrected chi connectivity index (χ2v) is 6.86. The first-order valence-electron chi connectivity index (χ1n) is 8.71.